The number of ketones is 1. The third kappa shape index (κ3) is 2.25. The quantitative estimate of drug-likeness (QED) is 0.781. The zero-order chi connectivity index (χ0) is 13.5. The Morgan fingerprint density at radius 2 is 2.32 bits per heavy atom. The van der Waals surface area contributed by atoms with Crippen molar-refractivity contribution in [2.45, 2.75) is 44.3 Å². The Hall–Kier alpha value is -1.42. The molecule has 0 aromatic heterocycles. The number of carbonyl (C=O) groups excluding carboxylic acids is 1. The molecule has 1 aromatic carbocycles. The van der Waals surface area contributed by atoms with Crippen LogP contribution in [0.3, 0.4) is 0 Å². The minimum absolute atomic E-state index is 0.0398. The highest BCUT2D eigenvalue weighted by atomic mass is 19.1. The van der Waals surface area contributed by atoms with E-state index in [9.17, 15) is 9.18 Å². The van der Waals surface area contributed by atoms with Crippen LogP contribution in [0.4, 0.5) is 4.39 Å². The molecular formula is C15H17FO3. The predicted molar refractivity (Wildman–Crippen MR) is 68.0 cm³/mol. The van der Waals surface area contributed by atoms with E-state index >= 15 is 0 Å². The maximum Gasteiger partial charge on any atom is 0.170 e. The van der Waals surface area contributed by atoms with Crippen LogP contribution < -0.4 is 4.74 Å². The molecule has 0 radical (unpaired) electrons. The van der Waals surface area contributed by atoms with Gasteiger partial charge in [-0.25, -0.2) is 4.39 Å². The molecule has 0 amide bonds. The van der Waals surface area contributed by atoms with Gasteiger partial charge in [-0.1, -0.05) is 6.92 Å². The van der Waals surface area contributed by atoms with E-state index in [0.29, 0.717) is 37.2 Å². The lowest BCUT2D eigenvalue weighted by Crippen LogP contribution is -2.49. The molecule has 0 aliphatic carbocycles. The normalized spacial score (nSPS) is 30.0. The second kappa shape index (κ2) is 4.60. The van der Waals surface area contributed by atoms with E-state index in [1.807, 2.05) is 0 Å². The summed E-state index contributed by atoms with van der Waals surface area (Å²) in [6.07, 6.45) is 2.77. The van der Waals surface area contributed by atoms with Gasteiger partial charge in [0.25, 0.3) is 0 Å². The molecule has 19 heavy (non-hydrogen) atoms. The standard InChI is InChI=1S/C15H17FO3/c1-2-11-8-15(5-6-18-11)9-13(17)12-4-3-10(16)7-14(12)19-15/h3-4,7,11H,2,5-6,8-9H2,1H3. The lowest BCUT2D eigenvalue weighted by Gasteiger charge is -2.43. The molecule has 1 fully saturated rings. The molecule has 1 aromatic rings. The minimum atomic E-state index is -0.503. The molecule has 2 heterocycles. The van der Waals surface area contributed by atoms with Crippen LogP contribution in [-0.4, -0.2) is 24.1 Å². The van der Waals surface area contributed by atoms with Crippen LogP contribution in [-0.2, 0) is 4.74 Å². The summed E-state index contributed by atoms with van der Waals surface area (Å²) < 4.78 is 24.9. The van der Waals surface area contributed by atoms with E-state index in [1.54, 1.807) is 0 Å². The number of carbonyl (C=O) groups is 1. The number of ether oxygens (including phenoxy) is 2. The Balaban J connectivity index is 1.93. The first-order valence-electron chi connectivity index (χ1n) is 6.75. The van der Waals surface area contributed by atoms with Crippen molar-refractivity contribution in [1.29, 1.82) is 0 Å². The van der Waals surface area contributed by atoms with Crippen molar-refractivity contribution in [2.75, 3.05) is 6.61 Å². The highest BCUT2D eigenvalue weighted by Gasteiger charge is 2.44. The van der Waals surface area contributed by atoms with E-state index in [4.69, 9.17) is 9.47 Å². The Morgan fingerprint density at radius 1 is 1.47 bits per heavy atom. The van der Waals surface area contributed by atoms with Gasteiger partial charge < -0.3 is 9.47 Å². The Kier molecular flexibility index (Phi) is 3.05. The van der Waals surface area contributed by atoms with Gasteiger partial charge in [0, 0.05) is 18.9 Å². The molecular weight excluding hydrogens is 247 g/mol. The summed E-state index contributed by atoms with van der Waals surface area (Å²) in [6.45, 7) is 2.65. The van der Waals surface area contributed by atoms with Crippen molar-refractivity contribution >= 4 is 5.78 Å². The first-order chi connectivity index (χ1) is 9.12. The largest absolute Gasteiger partial charge is 0.486 e. The van der Waals surface area contributed by atoms with Crippen LogP contribution in [0.5, 0.6) is 5.75 Å². The van der Waals surface area contributed by atoms with Gasteiger partial charge in [-0.15, -0.1) is 0 Å². The van der Waals surface area contributed by atoms with E-state index in [-0.39, 0.29) is 17.7 Å². The fourth-order valence-corrected chi connectivity index (χ4v) is 2.97. The van der Waals surface area contributed by atoms with E-state index in [0.717, 1.165) is 6.42 Å². The summed E-state index contributed by atoms with van der Waals surface area (Å²) in [4.78, 5) is 12.2. The van der Waals surface area contributed by atoms with E-state index in [1.165, 1.54) is 18.2 Å². The second-order valence-corrected chi connectivity index (χ2v) is 5.38. The number of halogens is 1. The maximum atomic E-state index is 13.3. The summed E-state index contributed by atoms with van der Waals surface area (Å²) in [5, 5.41) is 0. The zero-order valence-electron chi connectivity index (χ0n) is 10.9. The van der Waals surface area contributed by atoms with Gasteiger partial charge in [0.05, 0.1) is 24.7 Å². The summed E-state index contributed by atoms with van der Waals surface area (Å²) in [5.41, 5.74) is -0.0110. The Labute approximate surface area is 111 Å². The van der Waals surface area contributed by atoms with Gasteiger partial charge in [0.2, 0.25) is 0 Å². The summed E-state index contributed by atoms with van der Waals surface area (Å²) in [6, 6.07) is 4.12. The second-order valence-electron chi connectivity index (χ2n) is 5.38. The lowest BCUT2D eigenvalue weighted by molar-refractivity contribution is -0.0922. The smallest absolute Gasteiger partial charge is 0.170 e. The maximum absolute atomic E-state index is 13.3. The Morgan fingerprint density at radius 3 is 3.11 bits per heavy atom. The molecule has 3 nitrogen and oxygen atoms in total. The SMILES string of the molecule is CCC1CC2(CCO1)CC(=O)c1ccc(F)cc1O2. The van der Waals surface area contributed by atoms with Crippen LogP contribution in [0.2, 0.25) is 0 Å². The number of benzene rings is 1. The van der Waals surface area contributed by atoms with Crippen molar-refractivity contribution in [1.82, 2.24) is 0 Å². The monoisotopic (exact) mass is 264 g/mol. The minimum Gasteiger partial charge on any atom is -0.486 e. The number of rotatable bonds is 1. The highest BCUT2D eigenvalue weighted by Crippen LogP contribution is 2.41. The summed E-state index contributed by atoms with van der Waals surface area (Å²) in [7, 11) is 0. The molecule has 0 bridgehead atoms. The van der Waals surface area contributed by atoms with Gasteiger partial charge in [-0.05, 0) is 18.6 Å². The van der Waals surface area contributed by atoms with Crippen LogP contribution in [0.15, 0.2) is 18.2 Å². The summed E-state index contributed by atoms with van der Waals surface area (Å²) in [5.74, 6) is 0.0497. The Bertz CT molecular complexity index is 514. The average molecular weight is 264 g/mol. The third-order valence-corrected chi connectivity index (χ3v) is 4.02. The van der Waals surface area contributed by atoms with Crippen molar-refractivity contribution in [3.8, 4) is 5.75 Å². The predicted octanol–water partition coefficient (Wildman–Crippen LogP) is 3.12. The fourth-order valence-electron chi connectivity index (χ4n) is 2.97. The van der Waals surface area contributed by atoms with Gasteiger partial charge in [0.15, 0.2) is 5.78 Å². The third-order valence-electron chi connectivity index (χ3n) is 4.02. The van der Waals surface area contributed by atoms with Crippen LogP contribution in [0, 0.1) is 5.82 Å². The van der Waals surface area contributed by atoms with Crippen molar-refractivity contribution < 1.29 is 18.7 Å². The van der Waals surface area contributed by atoms with Gasteiger partial charge in [0.1, 0.15) is 17.2 Å². The molecule has 1 spiro atoms. The first-order valence-corrected chi connectivity index (χ1v) is 6.75. The molecule has 4 heteroatoms. The zero-order valence-corrected chi connectivity index (χ0v) is 10.9. The van der Waals surface area contributed by atoms with Crippen LogP contribution >= 0.6 is 0 Å². The van der Waals surface area contributed by atoms with E-state index in [2.05, 4.69) is 6.92 Å². The molecule has 2 aliphatic heterocycles. The first kappa shape index (κ1) is 12.6. The van der Waals surface area contributed by atoms with Crippen molar-refractivity contribution in [3.05, 3.63) is 29.6 Å². The van der Waals surface area contributed by atoms with Gasteiger partial charge in [-0.2, -0.15) is 0 Å². The summed E-state index contributed by atoms with van der Waals surface area (Å²) >= 11 is 0. The fraction of sp³-hybridized carbons (Fsp3) is 0.533. The molecule has 3 rings (SSSR count). The molecule has 0 saturated carbocycles. The lowest BCUT2D eigenvalue weighted by atomic mass is 9.81. The number of hydrogen-bond acceptors (Lipinski definition) is 3. The highest BCUT2D eigenvalue weighted by molar-refractivity contribution is 6.00. The van der Waals surface area contributed by atoms with E-state index < -0.39 is 5.60 Å². The van der Waals surface area contributed by atoms with Crippen molar-refractivity contribution in [2.24, 2.45) is 0 Å². The molecule has 2 atom stereocenters. The topological polar surface area (TPSA) is 35.5 Å². The van der Waals surface area contributed by atoms with Crippen molar-refractivity contribution in [3.63, 3.8) is 0 Å². The molecule has 2 unspecified atom stereocenters. The molecule has 2 aliphatic rings. The van der Waals surface area contributed by atoms with Gasteiger partial charge in [-0.3, -0.25) is 4.79 Å². The molecule has 102 valence electrons. The number of fused-ring (bicyclic) bond motifs is 1. The van der Waals surface area contributed by atoms with Crippen LogP contribution in [0.1, 0.15) is 43.0 Å². The number of Topliss-reactive ketones (excluding diaryl/α,β-unsaturated/α-hetero) is 1. The molecule has 1 saturated heterocycles. The van der Waals surface area contributed by atoms with Gasteiger partial charge >= 0.3 is 0 Å². The van der Waals surface area contributed by atoms with Crippen LogP contribution in [0.25, 0.3) is 0 Å². The average Bonchev–Trinajstić information content (AvgIpc) is 2.38. The molecule has 0 N–H and O–H groups in total. The number of hydrogen-bond donors (Lipinski definition) is 0.